The second-order valence-corrected chi connectivity index (χ2v) is 4.76. The maximum absolute atomic E-state index is 5.40. The van der Waals surface area contributed by atoms with Gasteiger partial charge in [-0.05, 0) is 24.4 Å². The molecule has 0 saturated heterocycles. The van der Waals surface area contributed by atoms with Gasteiger partial charge in [-0.25, -0.2) is 0 Å². The van der Waals surface area contributed by atoms with E-state index in [0.29, 0.717) is 13.4 Å². The highest BCUT2D eigenvalue weighted by Gasteiger charge is 2.15. The van der Waals surface area contributed by atoms with Gasteiger partial charge in [-0.1, -0.05) is 0 Å². The van der Waals surface area contributed by atoms with E-state index in [9.17, 15) is 0 Å². The highest BCUT2D eigenvalue weighted by molar-refractivity contribution is 7.19. The van der Waals surface area contributed by atoms with Crippen LogP contribution in [0.2, 0.25) is 0 Å². The largest absolute Gasteiger partial charge is 0.454 e. The molecule has 0 aliphatic carbocycles. The second-order valence-electron chi connectivity index (χ2n) is 3.59. The first-order valence-corrected chi connectivity index (χ1v) is 6.08. The molecule has 1 aromatic carbocycles. The number of ether oxygens (including phenoxy) is 3. The molecule has 3 rings (SSSR count). The van der Waals surface area contributed by atoms with E-state index in [1.54, 1.807) is 11.3 Å². The fourth-order valence-electron chi connectivity index (χ4n) is 1.76. The third-order valence-electron chi connectivity index (χ3n) is 2.51. The molecule has 2 aromatic rings. The van der Waals surface area contributed by atoms with E-state index in [0.717, 1.165) is 18.1 Å². The fraction of sp³-hybridized carbons (Fsp3) is 0.333. The summed E-state index contributed by atoms with van der Waals surface area (Å²) in [7, 11) is 0. The first-order valence-electron chi connectivity index (χ1n) is 5.26. The highest BCUT2D eigenvalue weighted by Crippen LogP contribution is 2.39. The number of hydrogen-bond donors (Lipinski definition) is 0. The molecule has 0 N–H and O–H groups in total. The summed E-state index contributed by atoms with van der Waals surface area (Å²) >= 11 is 1.74. The van der Waals surface area contributed by atoms with Crippen LogP contribution in [0.5, 0.6) is 11.5 Å². The molecular formula is C12H12O3S. The minimum atomic E-state index is 0.332. The van der Waals surface area contributed by atoms with Crippen molar-refractivity contribution in [2.24, 2.45) is 0 Å². The van der Waals surface area contributed by atoms with Gasteiger partial charge >= 0.3 is 0 Å². The number of rotatable bonds is 3. The molecule has 3 nitrogen and oxygen atoms in total. The van der Waals surface area contributed by atoms with Crippen LogP contribution in [0.1, 0.15) is 11.8 Å². The van der Waals surface area contributed by atoms with Crippen LogP contribution in [0.4, 0.5) is 0 Å². The van der Waals surface area contributed by atoms with Crippen LogP contribution in [0.3, 0.4) is 0 Å². The van der Waals surface area contributed by atoms with Gasteiger partial charge in [0.05, 0.1) is 6.61 Å². The van der Waals surface area contributed by atoms with Crippen molar-refractivity contribution in [2.45, 2.75) is 13.5 Å². The van der Waals surface area contributed by atoms with Gasteiger partial charge in [-0.15, -0.1) is 11.3 Å². The van der Waals surface area contributed by atoms with E-state index < -0.39 is 0 Å². The van der Waals surface area contributed by atoms with Crippen molar-refractivity contribution in [3.05, 3.63) is 23.1 Å². The lowest BCUT2D eigenvalue weighted by atomic mass is 10.2. The average molecular weight is 236 g/mol. The van der Waals surface area contributed by atoms with Crippen LogP contribution >= 0.6 is 11.3 Å². The number of thiophene rings is 1. The Hall–Kier alpha value is -1.26. The van der Waals surface area contributed by atoms with Gasteiger partial charge in [-0.2, -0.15) is 0 Å². The number of benzene rings is 1. The lowest BCUT2D eigenvalue weighted by Gasteiger charge is -1.94. The first kappa shape index (κ1) is 9.93. The average Bonchev–Trinajstić information content (AvgIpc) is 2.87. The van der Waals surface area contributed by atoms with Crippen molar-refractivity contribution in [3.8, 4) is 11.5 Å². The van der Waals surface area contributed by atoms with Crippen molar-refractivity contribution in [3.63, 3.8) is 0 Å². The predicted octanol–water partition coefficient (Wildman–Crippen LogP) is 3.17. The van der Waals surface area contributed by atoms with Gasteiger partial charge in [0, 0.05) is 22.3 Å². The zero-order chi connectivity index (χ0) is 11.0. The van der Waals surface area contributed by atoms with E-state index in [4.69, 9.17) is 14.2 Å². The zero-order valence-corrected chi connectivity index (χ0v) is 9.80. The summed E-state index contributed by atoms with van der Waals surface area (Å²) in [5.41, 5.74) is 0. The van der Waals surface area contributed by atoms with Gasteiger partial charge in [-0.3, -0.25) is 0 Å². The summed E-state index contributed by atoms with van der Waals surface area (Å²) in [6.07, 6.45) is 0. The molecule has 0 radical (unpaired) electrons. The van der Waals surface area contributed by atoms with Crippen LogP contribution in [-0.2, 0) is 11.3 Å². The number of hydrogen-bond acceptors (Lipinski definition) is 4. The first-order chi connectivity index (χ1) is 7.86. The topological polar surface area (TPSA) is 27.7 Å². The summed E-state index contributed by atoms with van der Waals surface area (Å²) < 4.78 is 17.3. The predicted molar refractivity (Wildman–Crippen MR) is 63.3 cm³/mol. The zero-order valence-electron chi connectivity index (χ0n) is 8.99. The molecular weight excluding hydrogens is 224 g/mol. The monoisotopic (exact) mass is 236 g/mol. The Morgan fingerprint density at radius 2 is 2.06 bits per heavy atom. The Kier molecular flexibility index (Phi) is 2.46. The van der Waals surface area contributed by atoms with Crippen LogP contribution in [0.15, 0.2) is 18.2 Å². The minimum Gasteiger partial charge on any atom is -0.454 e. The van der Waals surface area contributed by atoms with E-state index >= 15 is 0 Å². The highest BCUT2D eigenvalue weighted by atomic mass is 32.1. The molecule has 84 valence electrons. The van der Waals surface area contributed by atoms with Crippen molar-refractivity contribution in [1.82, 2.24) is 0 Å². The second kappa shape index (κ2) is 3.96. The molecule has 0 spiro atoms. The molecule has 0 unspecified atom stereocenters. The van der Waals surface area contributed by atoms with Crippen LogP contribution in [0, 0.1) is 0 Å². The van der Waals surface area contributed by atoms with E-state index in [1.807, 2.05) is 19.1 Å². The molecule has 1 aliphatic rings. The third kappa shape index (κ3) is 1.64. The SMILES string of the molecule is CCOCc1cc2cc3c(cc2s1)OCO3. The molecule has 4 heteroatoms. The molecule has 2 heterocycles. The van der Waals surface area contributed by atoms with Crippen molar-refractivity contribution < 1.29 is 14.2 Å². The molecule has 1 aliphatic heterocycles. The van der Waals surface area contributed by atoms with E-state index in [-0.39, 0.29) is 0 Å². The molecule has 0 bridgehead atoms. The Balaban J connectivity index is 1.99. The smallest absolute Gasteiger partial charge is 0.231 e. The summed E-state index contributed by atoms with van der Waals surface area (Å²) in [5.74, 6) is 1.69. The molecule has 16 heavy (non-hydrogen) atoms. The van der Waals surface area contributed by atoms with Crippen molar-refractivity contribution >= 4 is 21.4 Å². The standard InChI is InChI=1S/C12H12O3S/c1-2-13-6-9-3-8-4-10-11(15-7-14-10)5-12(8)16-9/h3-5H,2,6-7H2,1H3. The molecule has 0 amide bonds. The minimum absolute atomic E-state index is 0.332. The quantitative estimate of drug-likeness (QED) is 0.819. The van der Waals surface area contributed by atoms with E-state index in [2.05, 4.69) is 6.07 Å². The van der Waals surface area contributed by atoms with E-state index in [1.165, 1.54) is 15.0 Å². The van der Waals surface area contributed by atoms with Crippen LogP contribution in [-0.4, -0.2) is 13.4 Å². The Morgan fingerprint density at radius 1 is 1.25 bits per heavy atom. The Labute approximate surface area is 97.5 Å². The molecule has 0 fully saturated rings. The van der Waals surface area contributed by atoms with Crippen molar-refractivity contribution in [2.75, 3.05) is 13.4 Å². The Bertz CT molecular complexity index is 477. The van der Waals surface area contributed by atoms with Gasteiger partial charge < -0.3 is 14.2 Å². The summed E-state index contributed by atoms with van der Waals surface area (Å²) in [5, 5.41) is 1.20. The third-order valence-corrected chi connectivity index (χ3v) is 3.58. The summed E-state index contributed by atoms with van der Waals surface area (Å²) in [4.78, 5) is 1.24. The van der Waals surface area contributed by atoms with Gasteiger partial charge in [0.2, 0.25) is 6.79 Å². The molecule has 0 atom stereocenters. The summed E-state index contributed by atoms with van der Waals surface area (Å²) in [6.45, 7) is 3.77. The van der Waals surface area contributed by atoms with Gasteiger partial charge in [0.1, 0.15) is 0 Å². The van der Waals surface area contributed by atoms with Crippen molar-refractivity contribution in [1.29, 1.82) is 0 Å². The molecule has 0 saturated carbocycles. The fourth-order valence-corrected chi connectivity index (χ4v) is 2.77. The van der Waals surface area contributed by atoms with Crippen LogP contribution in [0.25, 0.3) is 10.1 Å². The number of fused-ring (bicyclic) bond motifs is 2. The van der Waals surface area contributed by atoms with Gasteiger partial charge in [0.15, 0.2) is 11.5 Å². The maximum atomic E-state index is 5.40. The van der Waals surface area contributed by atoms with Gasteiger partial charge in [0.25, 0.3) is 0 Å². The maximum Gasteiger partial charge on any atom is 0.231 e. The Morgan fingerprint density at radius 3 is 2.88 bits per heavy atom. The molecule has 1 aromatic heterocycles. The lowest BCUT2D eigenvalue weighted by Crippen LogP contribution is -1.92. The van der Waals surface area contributed by atoms with Crippen LogP contribution < -0.4 is 9.47 Å². The normalized spacial score (nSPS) is 13.6. The summed E-state index contributed by atoms with van der Waals surface area (Å²) in [6, 6.07) is 6.22. The lowest BCUT2D eigenvalue weighted by molar-refractivity contribution is 0.136.